The summed E-state index contributed by atoms with van der Waals surface area (Å²) in [6.07, 6.45) is 0. The predicted octanol–water partition coefficient (Wildman–Crippen LogP) is -0.370. The van der Waals surface area contributed by atoms with E-state index in [9.17, 15) is 0 Å². The summed E-state index contributed by atoms with van der Waals surface area (Å²) in [7, 11) is -0.750. The van der Waals surface area contributed by atoms with Crippen LogP contribution in [0, 0.1) is 0 Å². The molecular formula is C6H9BO3. The maximum Gasteiger partial charge on any atom is 0.432 e. The number of benzene rings is 1. The third-order valence-corrected chi connectivity index (χ3v) is 0.756. The molecule has 54 valence electrons. The molecule has 3 N–H and O–H groups in total. The van der Waals surface area contributed by atoms with Gasteiger partial charge in [-0.05, 0) is 12.1 Å². The van der Waals surface area contributed by atoms with Gasteiger partial charge >= 0.3 is 7.69 Å². The molecule has 0 bridgehead atoms. The second-order valence-corrected chi connectivity index (χ2v) is 1.48. The van der Waals surface area contributed by atoms with Crippen molar-refractivity contribution in [2.45, 2.75) is 0 Å². The van der Waals surface area contributed by atoms with Crippen LogP contribution in [-0.2, 0) is 0 Å². The molecule has 0 amide bonds. The summed E-state index contributed by atoms with van der Waals surface area (Å²) >= 11 is 0. The SMILES string of the molecule is OBO.Oc1ccccc1. The van der Waals surface area contributed by atoms with E-state index in [2.05, 4.69) is 0 Å². The van der Waals surface area contributed by atoms with Gasteiger partial charge in [0.1, 0.15) is 5.75 Å². The van der Waals surface area contributed by atoms with E-state index < -0.39 is 7.69 Å². The Hall–Kier alpha value is -0.995. The van der Waals surface area contributed by atoms with E-state index in [0.29, 0.717) is 5.75 Å². The van der Waals surface area contributed by atoms with Crippen LogP contribution in [0.25, 0.3) is 0 Å². The van der Waals surface area contributed by atoms with Crippen molar-refractivity contribution in [2.24, 2.45) is 0 Å². The van der Waals surface area contributed by atoms with Crippen molar-refractivity contribution in [1.82, 2.24) is 0 Å². The van der Waals surface area contributed by atoms with Crippen LogP contribution in [0.3, 0.4) is 0 Å². The van der Waals surface area contributed by atoms with Gasteiger partial charge < -0.3 is 15.2 Å². The Labute approximate surface area is 59.9 Å². The lowest BCUT2D eigenvalue weighted by molar-refractivity contribution is 0.448. The molecule has 0 aliphatic heterocycles. The summed E-state index contributed by atoms with van der Waals surface area (Å²) in [6.45, 7) is 0. The average molecular weight is 140 g/mol. The highest BCUT2D eigenvalue weighted by Gasteiger charge is 1.74. The van der Waals surface area contributed by atoms with Crippen molar-refractivity contribution in [2.75, 3.05) is 0 Å². The van der Waals surface area contributed by atoms with Crippen molar-refractivity contribution in [3.05, 3.63) is 30.3 Å². The molecule has 0 atom stereocenters. The zero-order valence-electron chi connectivity index (χ0n) is 5.44. The Morgan fingerprint density at radius 2 is 1.40 bits per heavy atom. The molecule has 0 saturated carbocycles. The van der Waals surface area contributed by atoms with Crippen molar-refractivity contribution < 1.29 is 15.2 Å². The lowest BCUT2D eigenvalue weighted by atomic mass is 10.3. The Morgan fingerprint density at radius 1 is 1.00 bits per heavy atom. The fraction of sp³-hybridized carbons (Fsp3) is 0. The molecular weight excluding hydrogens is 131 g/mol. The maximum absolute atomic E-state index is 8.63. The molecule has 0 fully saturated rings. The minimum Gasteiger partial charge on any atom is -0.508 e. The zero-order valence-corrected chi connectivity index (χ0v) is 5.44. The molecule has 1 aromatic rings. The number of rotatable bonds is 0. The van der Waals surface area contributed by atoms with E-state index in [-0.39, 0.29) is 0 Å². The van der Waals surface area contributed by atoms with Gasteiger partial charge in [0.05, 0.1) is 0 Å². The molecule has 0 unspecified atom stereocenters. The quantitative estimate of drug-likeness (QED) is 0.431. The standard InChI is InChI=1S/C6H6O.BH3O2/c7-6-4-2-1-3-5-6;2-1-3/h1-5,7H;1-3H. The first-order chi connectivity index (χ1) is 4.81. The highest BCUT2D eigenvalue weighted by Crippen LogP contribution is 2.02. The van der Waals surface area contributed by atoms with Crippen LogP contribution in [0.2, 0.25) is 0 Å². The Morgan fingerprint density at radius 3 is 1.60 bits per heavy atom. The van der Waals surface area contributed by atoms with Gasteiger partial charge in [0.2, 0.25) is 0 Å². The fourth-order valence-electron chi connectivity index (χ4n) is 0.428. The number of para-hydroxylation sites is 1. The van der Waals surface area contributed by atoms with E-state index in [1.54, 1.807) is 24.3 Å². The summed E-state index contributed by atoms with van der Waals surface area (Å²) in [6, 6.07) is 8.71. The van der Waals surface area contributed by atoms with Crippen LogP contribution in [-0.4, -0.2) is 22.8 Å². The van der Waals surface area contributed by atoms with Crippen molar-refractivity contribution in [3.8, 4) is 5.75 Å². The molecule has 3 nitrogen and oxygen atoms in total. The number of hydrogen-bond donors (Lipinski definition) is 3. The van der Waals surface area contributed by atoms with Gasteiger partial charge in [-0.3, -0.25) is 0 Å². The molecule has 4 heteroatoms. The molecule has 0 spiro atoms. The van der Waals surface area contributed by atoms with Crippen LogP contribution < -0.4 is 0 Å². The lowest BCUT2D eigenvalue weighted by Crippen LogP contribution is -1.75. The Balaban J connectivity index is 0.000000236. The maximum atomic E-state index is 8.63. The van der Waals surface area contributed by atoms with Gasteiger partial charge in [-0.25, -0.2) is 0 Å². The van der Waals surface area contributed by atoms with Gasteiger partial charge in [-0.1, -0.05) is 18.2 Å². The number of phenolic OH excluding ortho intramolecular Hbond substituents is 1. The predicted molar refractivity (Wildman–Crippen MR) is 39.7 cm³/mol. The summed E-state index contributed by atoms with van der Waals surface area (Å²) in [5.41, 5.74) is 0. The lowest BCUT2D eigenvalue weighted by Gasteiger charge is -1.82. The van der Waals surface area contributed by atoms with Crippen LogP contribution in [0.15, 0.2) is 30.3 Å². The third kappa shape index (κ3) is 5.15. The molecule has 0 radical (unpaired) electrons. The first-order valence-corrected chi connectivity index (χ1v) is 2.77. The minimum absolute atomic E-state index is 0.322. The summed E-state index contributed by atoms with van der Waals surface area (Å²) in [5, 5.41) is 22.9. The average Bonchev–Trinajstić information content (AvgIpc) is 1.91. The topological polar surface area (TPSA) is 60.7 Å². The molecule has 0 aliphatic rings. The van der Waals surface area contributed by atoms with Crippen molar-refractivity contribution in [3.63, 3.8) is 0 Å². The molecule has 10 heavy (non-hydrogen) atoms. The number of aromatic hydroxyl groups is 1. The number of hydrogen-bond acceptors (Lipinski definition) is 3. The summed E-state index contributed by atoms with van der Waals surface area (Å²) in [4.78, 5) is 0. The minimum atomic E-state index is -0.750. The summed E-state index contributed by atoms with van der Waals surface area (Å²) < 4.78 is 0. The van der Waals surface area contributed by atoms with Gasteiger partial charge in [-0.2, -0.15) is 0 Å². The first kappa shape index (κ1) is 9.00. The summed E-state index contributed by atoms with van der Waals surface area (Å²) in [5.74, 6) is 0.322. The van der Waals surface area contributed by atoms with Gasteiger partial charge in [0, 0.05) is 0 Å². The van der Waals surface area contributed by atoms with Gasteiger partial charge in [0.15, 0.2) is 0 Å². The van der Waals surface area contributed by atoms with E-state index in [1.807, 2.05) is 6.07 Å². The monoisotopic (exact) mass is 140 g/mol. The molecule has 1 aromatic carbocycles. The van der Waals surface area contributed by atoms with E-state index in [1.165, 1.54) is 0 Å². The Bertz CT molecular complexity index is 154. The van der Waals surface area contributed by atoms with Crippen LogP contribution >= 0.6 is 0 Å². The van der Waals surface area contributed by atoms with E-state index in [4.69, 9.17) is 15.2 Å². The molecule has 0 heterocycles. The molecule has 0 aliphatic carbocycles. The van der Waals surface area contributed by atoms with Crippen LogP contribution in [0.4, 0.5) is 0 Å². The second kappa shape index (κ2) is 6.13. The fourth-order valence-corrected chi connectivity index (χ4v) is 0.428. The highest BCUT2D eigenvalue weighted by atomic mass is 16.4. The first-order valence-electron chi connectivity index (χ1n) is 2.77. The van der Waals surface area contributed by atoms with E-state index in [0.717, 1.165) is 0 Å². The highest BCUT2D eigenvalue weighted by molar-refractivity contribution is 6.13. The van der Waals surface area contributed by atoms with Crippen LogP contribution in [0.1, 0.15) is 0 Å². The molecule has 0 aromatic heterocycles. The third-order valence-electron chi connectivity index (χ3n) is 0.756. The zero-order chi connectivity index (χ0) is 7.82. The van der Waals surface area contributed by atoms with Crippen LogP contribution in [0.5, 0.6) is 5.75 Å². The largest absolute Gasteiger partial charge is 0.508 e. The smallest absolute Gasteiger partial charge is 0.432 e. The van der Waals surface area contributed by atoms with E-state index >= 15 is 0 Å². The van der Waals surface area contributed by atoms with Crippen molar-refractivity contribution in [1.29, 1.82) is 0 Å². The normalized spacial score (nSPS) is 7.40. The van der Waals surface area contributed by atoms with Crippen molar-refractivity contribution >= 4 is 7.69 Å². The van der Waals surface area contributed by atoms with Gasteiger partial charge in [-0.15, -0.1) is 0 Å². The Kier molecular flexibility index (Phi) is 5.52. The molecule has 0 saturated heterocycles. The molecule has 1 rings (SSSR count). The number of phenols is 1. The van der Waals surface area contributed by atoms with Gasteiger partial charge in [0.25, 0.3) is 0 Å². The second-order valence-electron chi connectivity index (χ2n) is 1.48.